The molecule has 17 heavy (non-hydrogen) atoms. The van der Waals surface area contributed by atoms with E-state index in [2.05, 4.69) is 0 Å². The molecular formula is C11H13F3O3. The van der Waals surface area contributed by atoms with Gasteiger partial charge < -0.3 is 10.2 Å². The van der Waals surface area contributed by atoms with Crippen molar-refractivity contribution in [3.63, 3.8) is 0 Å². The first kappa shape index (κ1) is 15.4. The van der Waals surface area contributed by atoms with Gasteiger partial charge in [0.15, 0.2) is 5.60 Å². The van der Waals surface area contributed by atoms with Gasteiger partial charge in [0, 0.05) is 6.92 Å². The molecule has 1 aromatic rings. The van der Waals surface area contributed by atoms with E-state index in [-0.39, 0.29) is 5.56 Å². The van der Waals surface area contributed by atoms with Crippen molar-refractivity contribution in [3.05, 3.63) is 35.9 Å². The number of aliphatic hydroxyl groups is 1. The van der Waals surface area contributed by atoms with Crippen LogP contribution in [-0.2, 0) is 10.4 Å². The smallest absolute Gasteiger partial charge is 0.421 e. The van der Waals surface area contributed by atoms with Crippen molar-refractivity contribution in [1.29, 1.82) is 0 Å². The van der Waals surface area contributed by atoms with Crippen LogP contribution in [0.3, 0.4) is 0 Å². The van der Waals surface area contributed by atoms with E-state index in [1.165, 1.54) is 24.3 Å². The van der Waals surface area contributed by atoms with Gasteiger partial charge in [0.2, 0.25) is 0 Å². The van der Waals surface area contributed by atoms with E-state index in [9.17, 15) is 18.3 Å². The molecule has 1 atom stereocenters. The molecule has 0 heterocycles. The minimum atomic E-state index is -4.64. The molecule has 0 aliphatic heterocycles. The van der Waals surface area contributed by atoms with Crippen molar-refractivity contribution >= 4 is 5.97 Å². The van der Waals surface area contributed by atoms with Crippen LogP contribution >= 0.6 is 0 Å². The predicted molar refractivity (Wildman–Crippen MR) is 55.4 cm³/mol. The number of hydrogen-bond acceptors (Lipinski definition) is 2. The standard InChI is InChI=1S/C9H9F3O.C2H4O2/c1-8(13,9(10,11)12)7-5-3-2-4-6-7;1-2(3)4/h2-6,13H,1H3;1H3,(H,3,4). The van der Waals surface area contributed by atoms with Gasteiger partial charge in [-0.25, -0.2) is 0 Å². The third-order valence-corrected chi connectivity index (χ3v) is 1.89. The fourth-order valence-corrected chi connectivity index (χ4v) is 0.926. The number of halogens is 3. The molecule has 0 saturated heterocycles. The maximum absolute atomic E-state index is 12.3. The monoisotopic (exact) mass is 250 g/mol. The number of carboxylic acids is 1. The Morgan fingerprint density at radius 3 is 1.82 bits per heavy atom. The summed E-state index contributed by atoms with van der Waals surface area (Å²) in [4.78, 5) is 9.00. The van der Waals surface area contributed by atoms with Gasteiger partial charge in [0.1, 0.15) is 0 Å². The van der Waals surface area contributed by atoms with Gasteiger partial charge >= 0.3 is 6.18 Å². The number of carbonyl (C=O) groups is 1. The molecule has 0 bridgehead atoms. The Hall–Kier alpha value is -1.56. The van der Waals surface area contributed by atoms with Gasteiger partial charge in [-0.2, -0.15) is 13.2 Å². The van der Waals surface area contributed by atoms with E-state index < -0.39 is 17.7 Å². The topological polar surface area (TPSA) is 57.5 Å². The maximum Gasteiger partial charge on any atom is 0.421 e. The molecule has 3 nitrogen and oxygen atoms in total. The van der Waals surface area contributed by atoms with E-state index in [1.807, 2.05) is 0 Å². The lowest BCUT2D eigenvalue weighted by atomic mass is 9.96. The summed E-state index contributed by atoms with van der Waals surface area (Å²) >= 11 is 0. The van der Waals surface area contributed by atoms with Gasteiger partial charge in [0.05, 0.1) is 0 Å². The molecule has 1 rings (SSSR count). The molecule has 2 N–H and O–H groups in total. The number of alkyl halides is 3. The lowest BCUT2D eigenvalue weighted by Gasteiger charge is -2.26. The van der Waals surface area contributed by atoms with E-state index in [0.717, 1.165) is 13.8 Å². The van der Waals surface area contributed by atoms with Crippen LogP contribution in [0.2, 0.25) is 0 Å². The SMILES string of the molecule is CC(=O)O.CC(O)(c1ccccc1)C(F)(F)F. The van der Waals surface area contributed by atoms with Crippen LogP contribution in [0.4, 0.5) is 13.2 Å². The zero-order valence-corrected chi connectivity index (χ0v) is 9.32. The van der Waals surface area contributed by atoms with Crippen molar-refractivity contribution in [3.8, 4) is 0 Å². The van der Waals surface area contributed by atoms with Gasteiger partial charge in [-0.15, -0.1) is 0 Å². The fourth-order valence-electron chi connectivity index (χ4n) is 0.926. The normalized spacial score (nSPS) is 14.2. The van der Waals surface area contributed by atoms with Crippen LogP contribution in [0, 0.1) is 0 Å². The largest absolute Gasteiger partial charge is 0.481 e. The van der Waals surface area contributed by atoms with E-state index >= 15 is 0 Å². The summed E-state index contributed by atoms with van der Waals surface area (Å²) in [5, 5.41) is 16.6. The average Bonchev–Trinajstić information content (AvgIpc) is 2.16. The Kier molecular flexibility index (Phi) is 5.15. The predicted octanol–water partition coefficient (Wildman–Crippen LogP) is 2.55. The molecular weight excluding hydrogens is 237 g/mol. The number of hydrogen-bond donors (Lipinski definition) is 2. The van der Waals surface area contributed by atoms with Crippen LogP contribution in [0.5, 0.6) is 0 Å². The first-order valence-corrected chi connectivity index (χ1v) is 4.63. The van der Waals surface area contributed by atoms with Gasteiger partial charge in [-0.1, -0.05) is 30.3 Å². The minimum absolute atomic E-state index is 0.150. The third-order valence-electron chi connectivity index (χ3n) is 1.89. The molecule has 1 unspecified atom stereocenters. The van der Waals surface area contributed by atoms with Gasteiger partial charge in [0.25, 0.3) is 5.97 Å². The molecule has 0 aliphatic rings. The highest BCUT2D eigenvalue weighted by molar-refractivity contribution is 5.62. The molecule has 0 aliphatic carbocycles. The summed E-state index contributed by atoms with van der Waals surface area (Å²) < 4.78 is 36.8. The highest BCUT2D eigenvalue weighted by Crippen LogP contribution is 2.37. The summed E-state index contributed by atoms with van der Waals surface area (Å²) in [6, 6.07) is 6.99. The fraction of sp³-hybridized carbons (Fsp3) is 0.364. The zero-order chi connectivity index (χ0) is 13.7. The Morgan fingerprint density at radius 2 is 1.53 bits per heavy atom. The van der Waals surface area contributed by atoms with Crippen LogP contribution in [0.1, 0.15) is 19.4 Å². The Balaban J connectivity index is 0.000000557. The quantitative estimate of drug-likeness (QED) is 0.805. The van der Waals surface area contributed by atoms with Crippen LogP contribution in [0.25, 0.3) is 0 Å². The number of benzene rings is 1. The van der Waals surface area contributed by atoms with Crippen LogP contribution in [0.15, 0.2) is 30.3 Å². The van der Waals surface area contributed by atoms with Crippen molar-refractivity contribution in [2.75, 3.05) is 0 Å². The lowest BCUT2D eigenvalue weighted by Crippen LogP contribution is -2.39. The van der Waals surface area contributed by atoms with Crippen LogP contribution < -0.4 is 0 Å². The first-order chi connectivity index (χ1) is 7.59. The maximum atomic E-state index is 12.3. The van der Waals surface area contributed by atoms with Crippen LogP contribution in [-0.4, -0.2) is 22.4 Å². The molecule has 0 spiro atoms. The Morgan fingerprint density at radius 1 is 1.18 bits per heavy atom. The molecule has 0 saturated carbocycles. The summed E-state index contributed by atoms with van der Waals surface area (Å²) in [7, 11) is 0. The number of rotatable bonds is 1. The highest BCUT2D eigenvalue weighted by atomic mass is 19.4. The second-order valence-corrected chi connectivity index (χ2v) is 3.46. The molecule has 0 amide bonds. The molecule has 6 heteroatoms. The molecule has 1 aromatic carbocycles. The summed E-state index contributed by atoms with van der Waals surface area (Å²) in [5.41, 5.74) is -2.92. The lowest BCUT2D eigenvalue weighted by molar-refractivity contribution is -0.258. The summed E-state index contributed by atoms with van der Waals surface area (Å²) in [6.07, 6.45) is -4.64. The van der Waals surface area contributed by atoms with E-state index in [1.54, 1.807) is 6.07 Å². The van der Waals surface area contributed by atoms with Crippen molar-refractivity contribution in [1.82, 2.24) is 0 Å². The second-order valence-electron chi connectivity index (χ2n) is 3.46. The van der Waals surface area contributed by atoms with Crippen molar-refractivity contribution < 1.29 is 28.2 Å². The summed E-state index contributed by atoms with van der Waals surface area (Å²) in [6.45, 7) is 1.82. The summed E-state index contributed by atoms with van der Waals surface area (Å²) in [5.74, 6) is -0.833. The highest BCUT2D eigenvalue weighted by Gasteiger charge is 2.50. The van der Waals surface area contributed by atoms with Crippen molar-refractivity contribution in [2.24, 2.45) is 0 Å². The average molecular weight is 250 g/mol. The number of aliphatic carboxylic acids is 1. The number of carboxylic acid groups (broad SMARTS) is 1. The second kappa shape index (κ2) is 5.67. The zero-order valence-electron chi connectivity index (χ0n) is 9.32. The Bertz CT molecular complexity index is 354. The minimum Gasteiger partial charge on any atom is -0.481 e. The van der Waals surface area contributed by atoms with Gasteiger partial charge in [-0.3, -0.25) is 4.79 Å². The molecule has 0 radical (unpaired) electrons. The first-order valence-electron chi connectivity index (χ1n) is 4.63. The van der Waals surface area contributed by atoms with E-state index in [0.29, 0.717) is 0 Å². The Labute approximate surface area is 96.5 Å². The molecule has 0 aromatic heterocycles. The van der Waals surface area contributed by atoms with Crippen molar-refractivity contribution in [2.45, 2.75) is 25.6 Å². The van der Waals surface area contributed by atoms with E-state index in [4.69, 9.17) is 9.90 Å². The molecule has 0 fully saturated rings. The molecule has 96 valence electrons. The third kappa shape index (κ3) is 4.86. The van der Waals surface area contributed by atoms with Gasteiger partial charge in [-0.05, 0) is 12.5 Å².